The zero-order valence-corrected chi connectivity index (χ0v) is 12.8. The normalized spacial score (nSPS) is 18.9. The lowest BCUT2D eigenvalue weighted by molar-refractivity contribution is 0.244. The molecule has 2 rings (SSSR count). The maximum atomic E-state index is 11.6. The van der Waals surface area contributed by atoms with Crippen LogP contribution in [-0.2, 0) is 9.84 Å². The summed E-state index contributed by atoms with van der Waals surface area (Å²) in [5.41, 5.74) is 7.47. The van der Waals surface area contributed by atoms with Crippen molar-refractivity contribution in [2.45, 2.75) is 26.4 Å². The molecular formula is C14H22N2O3S. The Balaban J connectivity index is 2.20. The Labute approximate surface area is 120 Å². The molecule has 5 nitrogen and oxygen atoms in total. The molecule has 1 saturated heterocycles. The van der Waals surface area contributed by atoms with Gasteiger partial charge < -0.3 is 15.4 Å². The van der Waals surface area contributed by atoms with E-state index in [0.29, 0.717) is 24.4 Å². The van der Waals surface area contributed by atoms with Crippen molar-refractivity contribution >= 4 is 21.2 Å². The summed E-state index contributed by atoms with van der Waals surface area (Å²) in [5, 5.41) is 0. The second kappa shape index (κ2) is 5.91. The highest BCUT2D eigenvalue weighted by molar-refractivity contribution is 7.91. The van der Waals surface area contributed by atoms with E-state index in [2.05, 4.69) is 4.90 Å². The lowest BCUT2D eigenvalue weighted by Crippen LogP contribution is -2.26. The summed E-state index contributed by atoms with van der Waals surface area (Å²) >= 11 is 0. The molecule has 1 aromatic rings. The third kappa shape index (κ3) is 3.79. The molecule has 20 heavy (non-hydrogen) atoms. The van der Waals surface area contributed by atoms with Gasteiger partial charge in [-0.25, -0.2) is 8.42 Å². The molecule has 112 valence electrons. The first-order chi connectivity index (χ1) is 9.37. The monoisotopic (exact) mass is 298 g/mol. The molecule has 0 unspecified atom stereocenters. The van der Waals surface area contributed by atoms with E-state index in [1.807, 2.05) is 32.0 Å². The predicted molar refractivity (Wildman–Crippen MR) is 82.1 cm³/mol. The van der Waals surface area contributed by atoms with E-state index in [4.69, 9.17) is 10.5 Å². The average molecular weight is 298 g/mol. The van der Waals surface area contributed by atoms with Gasteiger partial charge in [0.15, 0.2) is 9.84 Å². The van der Waals surface area contributed by atoms with Crippen LogP contribution in [0.5, 0.6) is 5.75 Å². The fraction of sp³-hybridized carbons (Fsp3) is 0.571. The Hall–Kier alpha value is -1.43. The quantitative estimate of drug-likeness (QED) is 0.860. The van der Waals surface area contributed by atoms with Crippen LogP contribution in [0.2, 0.25) is 0 Å². The maximum absolute atomic E-state index is 11.6. The van der Waals surface area contributed by atoms with E-state index in [-0.39, 0.29) is 17.6 Å². The molecule has 0 aliphatic carbocycles. The van der Waals surface area contributed by atoms with Gasteiger partial charge in [-0.05, 0) is 32.4 Å². The Kier molecular flexibility index (Phi) is 4.42. The molecular weight excluding hydrogens is 276 g/mol. The van der Waals surface area contributed by atoms with Crippen molar-refractivity contribution in [3.05, 3.63) is 18.2 Å². The number of ether oxygens (including phenoxy) is 1. The second-order valence-corrected chi connectivity index (χ2v) is 7.68. The first-order valence-corrected chi connectivity index (χ1v) is 8.71. The molecule has 2 N–H and O–H groups in total. The number of sulfone groups is 1. The van der Waals surface area contributed by atoms with Crippen LogP contribution in [-0.4, -0.2) is 39.1 Å². The third-order valence-electron chi connectivity index (χ3n) is 3.28. The number of benzene rings is 1. The Morgan fingerprint density at radius 1 is 1.25 bits per heavy atom. The summed E-state index contributed by atoms with van der Waals surface area (Å²) in [6.45, 7) is 5.16. The zero-order valence-electron chi connectivity index (χ0n) is 12.0. The molecule has 0 saturated carbocycles. The van der Waals surface area contributed by atoms with E-state index < -0.39 is 9.84 Å². The van der Waals surface area contributed by atoms with Crippen LogP contribution >= 0.6 is 0 Å². The molecule has 0 bridgehead atoms. The van der Waals surface area contributed by atoms with Crippen LogP contribution in [0.4, 0.5) is 11.4 Å². The van der Waals surface area contributed by atoms with Crippen LogP contribution in [0.25, 0.3) is 0 Å². The number of hydrogen-bond donors (Lipinski definition) is 1. The topological polar surface area (TPSA) is 72.6 Å². The van der Waals surface area contributed by atoms with Gasteiger partial charge in [-0.15, -0.1) is 0 Å². The fourth-order valence-electron chi connectivity index (χ4n) is 2.27. The highest BCUT2D eigenvalue weighted by Gasteiger charge is 2.20. The predicted octanol–water partition coefficient (Wildman–Crippen LogP) is 1.68. The lowest BCUT2D eigenvalue weighted by atomic mass is 10.2. The summed E-state index contributed by atoms with van der Waals surface area (Å²) in [6.07, 6.45) is 0.713. The van der Waals surface area contributed by atoms with E-state index in [0.717, 1.165) is 12.2 Å². The molecule has 1 aliphatic heterocycles. The molecule has 0 aromatic heterocycles. The molecule has 0 radical (unpaired) electrons. The largest absolute Gasteiger partial charge is 0.489 e. The maximum Gasteiger partial charge on any atom is 0.152 e. The number of hydrogen-bond acceptors (Lipinski definition) is 5. The van der Waals surface area contributed by atoms with Gasteiger partial charge in [0.2, 0.25) is 0 Å². The number of anilines is 2. The van der Waals surface area contributed by atoms with Gasteiger partial charge in [0.25, 0.3) is 0 Å². The van der Waals surface area contributed by atoms with Crippen molar-refractivity contribution in [2.24, 2.45) is 0 Å². The van der Waals surface area contributed by atoms with Gasteiger partial charge in [-0.1, -0.05) is 0 Å². The van der Waals surface area contributed by atoms with Crippen LogP contribution in [0, 0.1) is 0 Å². The first-order valence-electron chi connectivity index (χ1n) is 6.89. The molecule has 0 amide bonds. The number of rotatable bonds is 3. The number of nitrogens with zero attached hydrogens (tertiary/aromatic N) is 1. The SMILES string of the molecule is CC(C)Oc1cc(N2CCCS(=O)(=O)CC2)ccc1N. The van der Waals surface area contributed by atoms with Crippen molar-refractivity contribution in [1.29, 1.82) is 0 Å². The van der Waals surface area contributed by atoms with Crippen molar-refractivity contribution < 1.29 is 13.2 Å². The number of nitrogen functional groups attached to an aromatic ring is 1. The summed E-state index contributed by atoms with van der Waals surface area (Å²) in [5.74, 6) is 1.13. The molecule has 1 heterocycles. The summed E-state index contributed by atoms with van der Waals surface area (Å²) in [7, 11) is -2.90. The summed E-state index contributed by atoms with van der Waals surface area (Å²) in [6, 6.07) is 5.63. The number of nitrogens with two attached hydrogens (primary N) is 1. The van der Waals surface area contributed by atoms with Crippen LogP contribution in [0.15, 0.2) is 18.2 Å². The first kappa shape index (κ1) is 15.0. The Morgan fingerprint density at radius 2 is 2.00 bits per heavy atom. The fourth-order valence-corrected chi connectivity index (χ4v) is 3.54. The minimum absolute atomic E-state index is 0.0528. The molecule has 0 spiro atoms. The van der Waals surface area contributed by atoms with E-state index in [1.54, 1.807) is 0 Å². The van der Waals surface area contributed by atoms with Crippen LogP contribution in [0.3, 0.4) is 0 Å². The molecule has 1 aromatic carbocycles. The summed E-state index contributed by atoms with van der Waals surface area (Å²) < 4.78 is 29.0. The molecule has 6 heteroatoms. The third-order valence-corrected chi connectivity index (χ3v) is 5.00. The molecule has 0 atom stereocenters. The van der Waals surface area contributed by atoms with Crippen LogP contribution < -0.4 is 15.4 Å². The highest BCUT2D eigenvalue weighted by Crippen LogP contribution is 2.29. The van der Waals surface area contributed by atoms with Gasteiger partial charge in [0.05, 0.1) is 23.3 Å². The Morgan fingerprint density at radius 3 is 2.70 bits per heavy atom. The standard InChI is InChI=1S/C14H22N2O3S/c1-11(2)19-14-10-12(4-5-13(14)15)16-6-3-8-20(17,18)9-7-16/h4-5,10-11H,3,6-9,15H2,1-2H3. The van der Waals surface area contributed by atoms with E-state index in [9.17, 15) is 8.42 Å². The van der Waals surface area contributed by atoms with Gasteiger partial charge in [0, 0.05) is 24.8 Å². The molecule has 1 aliphatic rings. The van der Waals surface area contributed by atoms with Crippen molar-refractivity contribution in [1.82, 2.24) is 0 Å². The van der Waals surface area contributed by atoms with Gasteiger partial charge in [-0.3, -0.25) is 0 Å². The zero-order chi connectivity index (χ0) is 14.8. The minimum atomic E-state index is -2.90. The van der Waals surface area contributed by atoms with Crippen LogP contribution in [0.1, 0.15) is 20.3 Å². The summed E-state index contributed by atoms with van der Waals surface area (Å²) in [4.78, 5) is 2.08. The second-order valence-electron chi connectivity index (χ2n) is 5.38. The van der Waals surface area contributed by atoms with Gasteiger partial charge in [0.1, 0.15) is 5.75 Å². The van der Waals surface area contributed by atoms with Crippen molar-refractivity contribution in [3.8, 4) is 5.75 Å². The lowest BCUT2D eigenvalue weighted by Gasteiger charge is -2.23. The van der Waals surface area contributed by atoms with E-state index in [1.165, 1.54) is 0 Å². The average Bonchev–Trinajstić information content (AvgIpc) is 2.53. The molecule has 1 fully saturated rings. The van der Waals surface area contributed by atoms with Crippen molar-refractivity contribution in [2.75, 3.05) is 35.2 Å². The minimum Gasteiger partial charge on any atom is -0.489 e. The Bertz CT molecular complexity index is 570. The van der Waals surface area contributed by atoms with Gasteiger partial charge in [-0.2, -0.15) is 0 Å². The smallest absolute Gasteiger partial charge is 0.152 e. The van der Waals surface area contributed by atoms with Gasteiger partial charge >= 0.3 is 0 Å². The highest BCUT2D eigenvalue weighted by atomic mass is 32.2. The van der Waals surface area contributed by atoms with Crippen molar-refractivity contribution in [3.63, 3.8) is 0 Å². The van der Waals surface area contributed by atoms with E-state index >= 15 is 0 Å².